The quantitative estimate of drug-likeness (QED) is 0.223. The molecule has 0 aliphatic heterocycles. The van der Waals surface area contributed by atoms with E-state index in [1.54, 1.807) is 7.05 Å². The number of nitrogens with one attached hydrogen (secondary N) is 2. The van der Waals surface area contributed by atoms with Crippen LogP contribution in [-0.4, -0.2) is 45.5 Å². The normalized spacial score (nSPS) is 12.0. The van der Waals surface area contributed by atoms with Gasteiger partial charge in [0.1, 0.15) is 0 Å². The fourth-order valence-electron chi connectivity index (χ4n) is 1.61. The van der Waals surface area contributed by atoms with Crippen LogP contribution in [-0.2, 0) is 4.74 Å². The molecular formula is C14H29F3IN3O. The Balaban J connectivity index is 0. The fraction of sp³-hybridized carbons (Fsp3) is 0.929. The van der Waals surface area contributed by atoms with Gasteiger partial charge in [-0.3, -0.25) is 4.99 Å². The molecule has 0 fully saturated rings. The number of unbranched alkanes of at least 4 members (excludes halogenated alkanes) is 2. The van der Waals surface area contributed by atoms with Gasteiger partial charge in [-0.2, -0.15) is 13.2 Å². The van der Waals surface area contributed by atoms with Crippen LogP contribution in [0, 0.1) is 0 Å². The summed E-state index contributed by atoms with van der Waals surface area (Å²) >= 11 is 0. The molecule has 0 spiro atoms. The van der Waals surface area contributed by atoms with Gasteiger partial charge in [0.15, 0.2) is 5.96 Å². The predicted octanol–water partition coefficient (Wildman–Crippen LogP) is 3.71. The van der Waals surface area contributed by atoms with E-state index >= 15 is 0 Å². The van der Waals surface area contributed by atoms with Gasteiger partial charge in [-0.1, -0.05) is 13.3 Å². The van der Waals surface area contributed by atoms with E-state index in [1.165, 1.54) is 0 Å². The number of guanidine groups is 1. The lowest BCUT2D eigenvalue weighted by Gasteiger charge is -2.12. The van der Waals surface area contributed by atoms with Crippen molar-refractivity contribution in [2.75, 3.05) is 33.4 Å². The van der Waals surface area contributed by atoms with E-state index in [4.69, 9.17) is 4.74 Å². The summed E-state index contributed by atoms with van der Waals surface area (Å²) in [6.07, 6.45) is -1.09. The van der Waals surface area contributed by atoms with E-state index < -0.39 is 12.6 Å². The van der Waals surface area contributed by atoms with Gasteiger partial charge in [-0.25, -0.2) is 0 Å². The Morgan fingerprint density at radius 2 is 1.59 bits per heavy atom. The minimum Gasteiger partial charge on any atom is -0.381 e. The van der Waals surface area contributed by atoms with Gasteiger partial charge in [-0.05, 0) is 25.7 Å². The Hall–Kier alpha value is -0.250. The van der Waals surface area contributed by atoms with Gasteiger partial charge in [0.25, 0.3) is 0 Å². The molecule has 4 nitrogen and oxygen atoms in total. The van der Waals surface area contributed by atoms with Gasteiger partial charge in [0.2, 0.25) is 0 Å². The zero-order valence-corrected chi connectivity index (χ0v) is 15.8. The van der Waals surface area contributed by atoms with Crippen molar-refractivity contribution in [3.05, 3.63) is 0 Å². The number of ether oxygens (including phenoxy) is 1. The first-order valence-corrected chi connectivity index (χ1v) is 7.58. The summed E-state index contributed by atoms with van der Waals surface area (Å²) in [6.45, 7) is 4.84. The summed E-state index contributed by atoms with van der Waals surface area (Å²) in [5, 5.41) is 6.10. The number of rotatable bonds is 11. The molecule has 8 heteroatoms. The second-order valence-corrected chi connectivity index (χ2v) is 4.82. The summed E-state index contributed by atoms with van der Waals surface area (Å²) in [4.78, 5) is 4.01. The lowest BCUT2D eigenvalue weighted by atomic mass is 10.2. The highest BCUT2D eigenvalue weighted by atomic mass is 127. The first-order valence-electron chi connectivity index (χ1n) is 7.58. The van der Waals surface area contributed by atoms with Crippen molar-refractivity contribution in [2.45, 2.75) is 51.6 Å². The van der Waals surface area contributed by atoms with Crippen LogP contribution in [0.1, 0.15) is 45.4 Å². The number of nitrogens with zero attached hydrogens (tertiary/aromatic N) is 1. The van der Waals surface area contributed by atoms with Crippen molar-refractivity contribution in [1.82, 2.24) is 10.6 Å². The van der Waals surface area contributed by atoms with E-state index in [2.05, 4.69) is 22.5 Å². The number of hydrogen-bond donors (Lipinski definition) is 2. The summed E-state index contributed by atoms with van der Waals surface area (Å²) in [5.41, 5.74) is 0. The Labute approximate surface area is 148 Å². The minimum absolute atomic E-state index is 0. The number of alkyl halides is 3. The van der Waals surface area contributed by atoms with Gasteiger partial charge in [-0.15, -0.1) is 24.0 Å². The standard InChI is InChI=1S/C14H28F3N3O.HI/c1-3-4-11-21-12-7-10-20-13(18-2)19-9-6-5-8-14(15,16)17;/h3-12H2,1-2H3,(H2,18,19,20);1H. The predicted molar refractivity (Wildman–Crippen MR) is 95.0 cm³/mol. The summed E-state index contributed by atoms with van der Waals surface area (Å²) < 4.78 is 41.3. The molecule has 22 heavy (non-hydrogen) atoms. The zero-order chi connectivity index (χ0) is 16.0. The maximum absolute atomic E-state index is 12.0. The van der Waals surface area contributed by atoms with Crippen molar-refractivity contribution < 1.29 is 17.9 Å². The van der Waals surface area contributed by atoms with Gasteiger partial charge >= 0.3 is 6.18 Å². The molecule has 0 amide bonds. The lowest BCUT2D eigenvalue weighted by Crippen LogP contribution is -2.38. The van der Waals surface area contributed by atoms with E-state index in [9.17, 15) is 13.2 Å². The maximum Gasteiger partial charge on any atom is 0.389 e. The van der Waals surface area contributed by atoms with Crippen molar-refractivity contribution in [2.24, 2.45) is 4.99 Å². The summed E-state index contributed by atoms with van der Waals surface area (Å²) in [6, 6.07) is 0. The third-order valence-corrected chi connectivity index (χ3v) is 2.80. The van der Waals surface area contributed by atoms with Crippen LogP contribution in [0.15, 0.2) is 4.99 Å². The first kappa shape index (κ1) is 24.0. The second kappa shape index (κ2) is 15.6. The second-order valence-electron chi connectivity index (χ2n) is 4.82. The molecule has 0 saturated heterocycles. The molecule has 0 unspecified atom stereocenters. The fourth-order valence-corrected chi connectivity index (χ4v) is 1.61. The van der Waals surface area contributed by atoms with Gasteiger partial charge in [0, 0.05) is 39.8 Å². The van der Waals surface area contributed by atoms with E-state index in [0.29, 0.717) is 25.5 Å². The summed E-state index contributed by atoms with van der Waals surface area (Å²) in [5.74, 6) is 0.621. The molecule has 0 heterocycles. The van der Waals surface area contributed by atoms with Crippen LogP contribution in [0.25, 0.3) is 0 Å². The topological polar surface area (TPSA) is 45.6 Å². The number of aliphatic imine (C=N–C) groups is 1. The Morgan fingerprint density at radius 1 is 1.00 bits per heavy atom. The van der Waals surface area contributed by atoms with Crippen LogP contribution in [0.3, 0.4) is 0 Å². The average Bonchev–Trinajstić information content (AvgIpc) is 2.42. The lowest BCUT2D eigenvalue weighted by molar-refractivity contribution is -0.135. The molecule has 0 aromatic carbocycles. The Bertz CT molecular complexity index is 277. The number of halogens is 4. The molecule has 2 N–H and O–H groups in total. The third kappa shape index (κ3) is 17.8. The monoisotopic (exact) mass is 439 g/mol. The molecule has 0 bridgehead atoms. The molecule has 0 rings (SSSR count). The highest BCUT2D eigenvalue weighted by Crippen LogP contribution is 2.21. The van der Waals surface area contributed by atoms with E-state index in [0.717, 1.165) is 32.4 Å². The molecule has 0 saturated carbocycles. The molecule has 0 aliphatic rings. The largest absolute Gasteiger partial charge is 0.389 e. The van der Waals surface area contributed by atoms with Crippen LogP contribution in [0.4, 0.5) is 13.2 Å². The van der Waals surface area contributed by atoms with Crippen molar-refractivity contribution in [1.29, 1.82) is 0 Å². The number of hydrogen-bond acceptors (Lipinski definition) is 2. The zero-order valence-electron chi connectivity index (χ0n) is 13.5. The first-order chi connectivity index (χ1) is 9.99. The van der Waals surface area contributed by atoms with Crippen LogP contribution in [0.2, 0.25) is 0 Å². The van der Waals surface area contributed by atoms with Crippen LogP contribution < -0.4 is 10.6 Å². The minimum atomic E-state index is -4.06. The van der Waals surface area contributed by atoms with E-state index in [1.807, 2.05) is 0 Å². The van der Waals surface area contributed by atoms with Crippen molar-refractivity contribution >= 4 is 29.9 Å². The van der Waals surface area contributed by atoms with E-state index in [-0.39, 0.29) is 30.4 Å². The smallest absolute Gasteiger partial charge is 0.381 e. The average molecular weight is 439 g/mol. The third-order valence-electron chi connectivity index (χ3n) is 2.80. The Morgan fingerprint density at radius 3 is 2.14 bits per heavy atom. The van der Waals surface area contributed by atoms with Crippen LogP contribution in [0.5, 0.6) is 0 Å². The maximum atomic E-state index is 12.0. The molecule has 0 atom stereocenters. The molecule has 0 aromatic rings. The highest BCUT2D eigenvalue weighted by Gasteiger charge is 2.25. The molecule has 0 aliphatic carbocycles. The summed E-state index contributed by atoms with van der Waals surface area (Å²) in [7, 11) is 1.64. The molecule has 134 valence electrons. The van der Waals surface area contributed by atoms with Gasteiger partial charge in [0.05, 0.1) is 0 Å². The SMILES string of the molecule is CCCCOCCCNC(=NC)NCCCCC(F)(F)F.I. The Kier molecular flexibility index (Phi) is 17.1. The molecular weight excluding hydrogens is 410 g/mol. The highest BCUT2D eigenvalue weighted by molar-refractivity contribution is 14.0. The van der Waals surface area contributed by atoms with Crippen molar-refractivity contribution in [3.8, 4) is 0 Å². The van der Waals surface area contributed by atoms with Crippen LogP contribution >= 0.6 is 24.0 Å². The molecule has 0 aromatic heterocycles. The molecule has 0 radical (unpaired) electrons. The van der Waals surface area contributed by atoms with Gasteiger partial charge < -0.3 is 15.4 Å². The van der Waals surface area contributed by atoms with Crippen molar-refractivity contribution in [3.63, 3.8) is 0 Å².